The minimum atomic E-state index is 0.615. The van der Waals surface area contributed by atoms with Crippen molar-refractivity contribution in [1.82, 2.24) is 5.32 Å². The van der Waals surface area contributed by atoms with Crippen LogP contribution in [0.5, 0.6) is 0 Å². The van der Waals surface area contributed by atoms with Gasteiger partial charge < -0.3 is 9.73 Å². The van der Waals surface area contributed by atoms with Crippen molar-refractivity contribution in [2.75, 3.05) is 12.8 Å². The minimum Gasteiger partial charge on any atom is -0.468 e. The molecule has 0 bridgehead atoms. The Morgan fingerprint density at radius 2 is 2.46 bits per heavy atom. The van der Waals surface area contributed by atoms with Crippen LogP contribution in [0.4, 0.5) is 0 Å². The first-order chi connectivity index (χ1) is 6.33. The van der Waals surface area contributed by atoms with Crippen LogP contribution in [0.2, 0.25) is 0 Å². The number of rotatable bonds is 6. The summed E-state index contributed by atoms with van der Waals surface area (Å²) < 4.78 is 5.23. The molecule has 2 nitrogen and oxygen atoms in total. The van der Waals surface area contributed by atoms with E-state index < -0.39 is 0 Å². The summed E-state index contributed by atoms with van der Waals surface area (Å²) in [4.78, 5) is 0. The first-order valence-corrected chi connectivity index (χ1v) is 5.76. The fourth-order valence-electron chi connectivity index (χ4n) is 0.972. The zero-order chi connectivity index (χ0) is 9.52. The van der Waals surface area contributed by atoms with Crippen molar-refractivity contribution in [3.05, 3.63) is 24.2 Å². The van der Waals surface area contributed by atoms with Crippen LogP contribution in [0.3, 0.4) is 0 Å². The Bertz CT molecular complexity index is 211. The van der Waals surface area contributed by atoms with Crippen LogP contribution in [0.1, 0.15) is 19.1 Å². The zero-order valence-electron chi connectivity index (χ0n) is 8.25. The SMILES string of the molecule is CNC(C)CCSCc1ccco1. The van der Waals surface area contributed by atoms with Gasteiger partial charge in [0.25, 0.3) is 0 Å². The lowest BCUT2D eigenvalue weighted by Crippen LogP contribution is -2.21. The molecule has 0 aliphatic carbocycles. The van der Waals surface area contributed by atoms with Gasteiger partial charge in [0.1, 0.15) is 5.76 Å². The van der Waals surface area contributed by atoms with Crippen LogP contribution in [0, 0.1) is 0 Å². The van der Waals surface area contributed by atoms with E-state index in [0.717, 1.165) is 11.5 Å². The third kappa shape index (κ3) is 4.39. The molecule has 0 saturated heterocycles. The summed E-state index contributed by atoms with van der Waals surface area (Å²) in [5.41, 5.74) is 0. The lowest BCUT2D eigenvalue weighted by molar-refractivity contribution is 0.530. The summed E-state index contributed by atoms with van der Waals surface area (Å²) in [6.07, 6.45) is 2.94. The van der Waals surface area contributed by atoms with Gasteiger partial charge in [0.15, 0.2) is 0 Å². The van der Waals surface area contributed by atoms with Crippen LogP contribution < -0.4 is 5.32 Å². The standard InChI is InChI=1S/C10H17NOS/c1-9(11-2)5-7-13-8-10-4-3-6-12-10/h3-4,6,9,11H,5,7-8H2,1-2H3. The van der Waals surface area contributed by atoms with Crippen LogP contribution in [-0.2, 0) is 5.75 Å². The van der Waals surface area contributed by atoms with Crippen LogP contribution in [0.15, 0.2) is 22.8 Å². The summed E-state index contributed by atoms with van der Waals surface area (Å²) in [6, 6.07) is 4.57. The topological polar surface area (TPSA) is 25.2 Å². The van der Waals surface area contributed by atoms with E-state index in [9.17, 15) is 0 Å². The summed E-state index contributed by atoms with van der Waals surface area (Å²) >= 11 is 1.92. The second kappa shape index (κ2) is 6.11. The first kappa shape index (κ1) is 10.7. The van der Waals surface area contributed by atoms with Crippen LogP contribution in [0.25, 0.3) is 0 Å². The molecule has 1 aromatic heterocycles. The Morgan fingerprint density at radius 1 is 1.62 bits per heavy atom. The molecule has 1 atom stereocenters. The van der Waals surface area contributed by atoms with Gasteiger partial charge >= 0.3 is 0 Å². The molecule has 0 aliphatic heterocycles. The third-order valence-corrected chi connectivity index (χ3v) is 3.03. The molecule has 0 spiro atoms. The Balaban J connectivity index is 2.02. The zero-order valence-corrected chi connectivity index (χ0v) is 9.06. The van der Waals surface area contributed by atoms with Gasteiger partial charge in [-0.05, 0) is 38.3 Å². The summed E-state index contributed by atoms with van der Waals surface area (Å²) in [6.45, 7) is 2.20. The molecule has 0 radical (unpaired) electrons. The fourth-order valence-corrected chi connectivity index (χ4v) is 2.00. The molecular formula is C10H17NOS. The highest BCUT2D eigenvalue weighted by Gasteiger charge is 1.99. The van der Waals surface area contributed by atoms with Gasteiger partial charge in [-0.2, -0.15) is 11.8 Å². The average Bonchev–Trinajstić information content (AvgIpc) is 2.64. The lowest BCUT2D eigenvalue weighted by atomic mass is 10.3. The molecule has 13 heavy (non-hydrogen) atoms. The van der Waals surface area contributed by atoms with E-state index in [4.69, 9.17) is 4.42 Å². The molecule has 1 N–H and O–H groups in total. The molecule has 74 valence electrons. The van der Waals surface area contributed by atoms with Crippen molar-refractivity contribution in [2.45, 2.75) is 25.1 Å². The second-order valence-electron chi connectivity index (χ2n) is 3.11. The number of nitrogens with one attached hydrogen (secondary N) is 1. The predicted molar refractivity (Wildman–Crippen MR) is 58.0 cm³/mol. The Kier molecular flexibility index (Phi) is 5.01. The van der Waals surface area contributed by atoms with Gasteiger partial charge in [0.05, 0.1) is 12.0 Å². The molecule has 1 aromatic rings. The average molecular weight is 199 g/mol. The van der Waals surface area contributed by atoms with E-state index >= 15 is 0 Å². The van der Waals surface area contributed by atoms with Crippen molar-refractivity contribution in [2.24, 2.45) is 0 Å². The maximum Gasteiger partial charge on any atom is 0.113 e. The molecule has 0 aromatic carbocycles. The lowest BCUT2D eigenvalue weighted by Gasteiger charge is -2.08. The fraction of sp³-hybridized carbons (Fsp3) is 0.600. The molecule has 0 amide bonds. The maximum atomic E-state index is 5.23. The van der Waals surface area contributed by atoms with Crippen LogP contribution in [-0.4, -0.2) is 18.8 Å². The van der Waals surface area contributed by atoms with Gasteiger partial charge in [-0.25, -0.2) is 0 Å². The van der Waals surface area contributed by atoms with Gasteiger partial charge in [0, 0.05) is 6.04 Å². The highest BCUT2D eigenvalue weighted by atomic mass is 32.2. The molecule has 1 rings (SSSR count). The largest absolute Gasteiger partial charge is 0.468 e. The third-order valence-electron chi connectivity index (χ3n) is 2.01. The Labute approximate surface area is 84.1 Å². The molecule has 0 saturated carbocycles. The monoisotopic (exact) mass is 199 g/mol. The summed E-state index contributed by atoms with van der Waals surface area (Å²) in [5.74, 6) is 3.24. The number of hydrogen-bond donors (Lipinski definition) is 1. The molecule has 1 heterocycles. The van der Waals surface area contributed by atoms with Crippen molar-refractivity contribution in [1.29, 1.82) is 0 Å². The molecule has 1 unspecified atom stereocenters. The maximum absolute atomic E-state index is 5.23. The van der Waals surface area contributed by atoms with Gasteiger partial charge in [-0.15, -0.1) is 0 Å². The van der Waals surface area contributed by atoms with Crippen molar-refractivity contribution < 1.29 is 4.42 Å². The quantitative estimate of drug-likeness (QED) is 0.713. The van der Waals surface area contributed by atoms with E-state index in [1.165, 1.54) is 12.2 Å². The summed E-state index contributed by atoms with van der Waals surface area (Å²) in [5, 5.41) is 3.22. The highest BCUT2D eigenvalue weighted by Crippen LogP contribution is 2.13. The van der Waals surface area contributed by atoms with Gasteiger partial charge in [0.2, 0.25) is 0 Å². The predicted octanol–water partition coefficient (Wildman–Crippen LogP) is 2.51. The molecule has 0 fully saturated rings. The normalized spacial score (nSPS) is 13.1. The molecular weight excluding hydrogens is 182 g/mol. The number of furan rings is 1. The van der Waals surface area contributed by atoms with E-state index in [1.54, 1.807) is 6.26 Å². The van der Waals surface area contributed by atoms with E-state index in [1.807, 2.05) is 30.9 Å². The second-order valence-corrected chi connectivity index (χ2v) is 4.22. The number of hydrogen-bond acceptors (Lipinski definition) is 3. The smallest absolute Gasteiger partial charge is 0.113 e. The van der Waals surface area contributed by atoms with Crippen molar-refractivity contribution in [3.63, 3.8) is 0 Å². The minimum absolute atomic E-state index is 0.615. The highest BCUT2D eigenvalue weighted by molar-refractivity contribution is 7.98. The Morgan fingerprint density at radius 3 is 3.08 bits per heavy atom. The Hall–Kier alpha value is -0.410. The van der Waals surface area contributed by atoms with Crippen LogP contribution >= 0.6 is 11.8 Å². The molecule has 0 aliphatic rings. The van der Waals surface area contributed by atoms with E-state index in [0.29, 0.717) is 6.04 Å². The van der Waals surface area contributed by atoms with E-state index in [2.05, 4.69) is 12.2 Å². The van der Waals surface area contributed by atoms with Crippen molar-refractivity contribution >= 4 is 11.8 Å². The van der Waals surface area contributed by atoms with Gasteiger partial charge in [-0.3, -0.25) is 0 Å². The van der Waals surface area contributed by atoms with Crippen molar-refractivity contribution in [3.8, 4) is 0 Å². The van der Waals surface area contributed by atoms with E-state index in [-0.39, 0.29) is 0 Å². The van der Waals surface area contributed by atoms with Gasteiger partial charge in [-0.1, -0.05) is 0 Å². The number of thioether (sulfide) groups is 1. The molecule has 3 heteroatoms. The summed E-state index contributed by atoms with van der Waals surface area (Å²) in [7, 11) is 2.00. The first-order valence-electron chi connectivity index (χ1n) is 4.60.